The number of phenols is 1. The summed E-state index contributed by atoms with van der Waals surface area (Å²) in [6.45, 7) is 4.91. The topological polar surface area (TPSA) is 128 Å². The molecule has 2 N–H and O–H groups in total. The van der Waals surface area contributed by atoms with E-state index >= 15 is 4.39 Å². The summed E-state index contributed by atoms with van der Waals surface area (Å²) in [7, 11) is 0. The first-order valence-corrected chi connectivity index (χ1v) is 16.9. The second-order valence-corrected chi connectivity index (χ2v) is 13.2. The van der Waals surface area contributed by atoms with E-state index in [2.05, 4.69) is 0 Å². The molecular formula is C39H30Cl2F2N2O7. The van der Waals surface area contributed by atoms with Gasteiger partial charge in [0.05, 0.1) is 23.4 Å². The monoisotopic (exact) mass is 746 g/mol. The Morgan fingerprint density at radius 3 is 1.83 bits per heavy atom. The highest BCUT2D eigenvalue weighted by Crippen LogP contribution is 2.40. The van der Waals surface area contributed by atoms with Crippen LogP contribution in [0.4, 0.5) is 8.78 Å². The number of ether oxygens (including phenoxy) is 1. The maximum atomic E-state index is 15.9. The van der Waals surface area contributed by atoms with Gasteiger partial charge in [-0.1, -0.05) is 36.5 Å². The fourth-order valence-corrected chi connectivity index (χ4v) is 6.89. The average Bonchev–Trinajstić information content (AvgIpc) is 3.51. The van der Waals surface area contributed by atoms with Crippen molar-refractivity contribution in [1.82, 2.24) is 9.13 Å². The average molecular weight is 748 g/mol. The van der Waals surface area contributed by atoms with Crippen LogP contribution in [0.2, 0.25) is 10.0 Å². The molecular weight excluding hydrogens is 717 g/mol. The van der Waals surface area contributed by atoms with E-state index in [0.717, 1.165) is 18.2 Å². The van der Waals surface area contributed by atoms with E-state index in [1.54, 1.807) is 13.8 Å². The number of aromatic hydroxyl groups is 1. The van der Waals surface area contributed by atoms with Crippen molar-refractivity contribution in [3.63, 3.8) is 0 Å². The molecule has 4 aromatic carbocycles. The molecule has 6 aromatic rings. The highest BCUT2D eigenvalue weighted by Gasteiger charge is 2.32. The minimum Gasteiger partial charge on any atom is -0.505 e. The van der Waals surface area contributed by atoms with Crippen molar-refractivity contribution in [2.45, 2.75) is 46.0 Å². The number of carbonyl (C=O) groups is 4. The Hall–Kier alpha value is -5.52. The first-order valence-electron chi connectivity index (χ1n) is 16.1. The summed E-state index contributed by atoms with van der Waals surface area (Å²) >= 11 is 12.0. The minimum absolute atomic E-state index is 0.0632. The molecule has 0 saturated heterocycles. The van der Waals surface area contributed by atoms with E-state index in [1.165, 1.54) is 70.7 Å². The lowest BCUT2D eigenvalue weighted by Gasteiger charge is -2.17. The Morgan fingerprint density at radius 2 is 1.29 bits per heavy atom. The van der Waals surface area contributed by atoms with Crippen LogP contribution in [0.5, 0.6) is 11.5 Å². The lowest BCUT2D eigenvalue weighted by atomic mass is 9.92. The second kappa shape index (κ2) is 14.2. The molecule has 0 bridgehead atoms. The van der Waals surface area contributed by atoms with Crippen molar-refractivity contribution in [2.75, 3.05) is 0 Å². The van der Waals surface area contributed by atoms with E-state index in [9.17, 15) is 33.8 Å². The van der Waals surface area contributed by atoms with Gasteiger partial charge in [0.25, 0.3) is 11.8 Å². The Balaban J connectivity index is 1.46. The third-order valence-electron chi connectivity index (χ3n) is 9.05. The zero-order valence-electron chi connectivity index (χ0n) is 28.0. The van der Waals surface area contributed by atoms with Gasteiger partial charge in [-0.25, -0.2) is 8.78 Å². The number of aromatic nitrogens is 2. The van der Waals surface area contributed by atoms with E-state index in [0.29, 0.717) is 16.5 Å². The van der Waals surface area contributed by atoms with Gasteiger partial charge >= 0.3 is 11.9 Å². The smallest absolute Gasteiger partial charge is 0.318 e. The van der Waals surface area contributed by atoms with Crippen LogP contribution < -0.4 is 4.74 Å². The number of rotatable bonds is 9. The highest BCUT2D eigenvalue weighted by atomic mass is 35.5. The van der Waals surface area contributed by atoms with E-state index in [1.807, 2.05) is 0 Å². The fraction of sp³-hybridized carbons (Fsp3) is 0.179. The summed E-state index contributed by atoms with van der Waals surface area (Å²) in [5.74, 6) is -7.55. The Morgan fingerprint density at radius 1 is 0.769 bits per heavy atom. The second-order valence-electron chi connectivity index (χ2n) is 12.3. The number of carbonyl (C=O) groups excluding carboxylic acids is 3. The van der Waals surface area contributed by atoms with Crippen LogP contribution in [-0.2, 0) is 16.0 Å². The first-order chi connectivity index (χ1) is 24.7. The van der Waals surface area contributed by atoms with Gasteiger partial charge in [0.1, 0.15) is 0 Å². The number of hydrogen-bond donors (Lipinski definition) is 2. The van der Waals surface area contributed by atoms with Crippen LogP contribution in [0.25, 0.3) is 21.8 Å². The molecule has 52 heavy (non-hydrogen) atoms. The number of aliphatic carboxylic acids is 1. The summed E-state index contributed by atoms with van der Waals surface area (Å²) in [4.78, 5) is 53.4. The van der Waals surface area contributed by atoms with Gasteiger partial charge in [-0.05, 0) is 92.1 Å². The third kappa shape index (κ3) is 6.53. The van der Waals surface area contributed by atoms with Crippen molar-refractivity contribution < 1.29 is 42.9 Å². The zero-order chi connectivity index (χ0) is 37.6. The predicted molar refractivity (Wildman–Crippen MR) is 192 cm³/mol. The Labute approximate surface area is 305 Å². The molecule has 13 heteroatoms. The zero-order valence-corrected chi connectivity index (χ0v) is 29.5. The van der Waals surface area contributed by atoms with Gasteiger partial charge in [-0.15, -0.1) is 0 Å². The van der Waals surface area contributed by atoms with Gasteiger partial charge < -0.3 is 14.9 Å². The van der Waals surface area contributed by atoms with E-state index in [-0.39, 0.29) is 61.9 Å². The summed E-state index contributed by atoms with van der Waals surface area (Å²) in [5.41, 5.74) is 1.60. The number of phenolic OH excluding ortho intramolecular Hbond substituents is 1. The number of fused-ring (bicyclic) bond motifs is 2. The number of hydrogen-bond acceptors (Lipinski definition) is 6. The van der Waals surface area contributed by atoms with Gasteiger partial charge in [-0.2, -0.15) is 0 Å². The summed E-state index contributed by atoms with van der Waals surface area (Å²) < 4.78 is 38.8. The predicted octanol–water partition coefficient (Wildman–Crippen LogP) is 9.00. The number of halogens is 4. The quantitative estimate of drug-likeness (QED) is 0.112. The Kier molecular flexibility index (Phi) is 9.94. The van der Waals surface area contributed by atoms with Crippen molar-refractivity contribution in [3.8, 4) is 11.5 Å². The van der Waals surface area contributed by atoms with Crippen molar-refractivity contribution >= 4 is 68.8 Å². The molecule has 0 radical (unpaired) electrons. The lowest BCUT2D eigenvalue weighted by Crippen LogP contribution is -2.21. The van der Waals surface area contributed by atoms with Crippen LogP contribution in [0.1, 0.15) is 68.9 Å². The molecule has 266 valence electrons. The van der Waals surface area contributed by atoms with Crippen LogP contribution in [0.3, 0.4) is 0 Å². The molecule has 9 nitrogen and oxygen atoms in total. The largest absolute Gasteiger partial charge is 0.505 e. The van der Waals surface area contributed by atoms with Gasteiger partial charge in [0.2, 0.25) is 0 Å². The molecule has 1 atom stereocenters. The number of carboxylic acid groups (broad SMARTS) is 1. The standard InChI is InChI=1S/C39H30Cl2F2N2O7/c1-4-5-25(36-20(3)45(32-17-29(42)33(46)14-28(32)36)38(50)22-8-12-24(41)13-9-22)39(51)52-34-15-27-26(16-35(47)48)19(2)44(31(27)18-30(34)43)37(49)21-6-10-23(40)11-7-21/h6-15,17-18,25,46H,4-5,16H2,1-3H3,(H,47,48). The highest BCUT2D eigenvalue weighted by molar-refractivity contribution is 6.31. The number of benzene rings is 4. The van der Waals surface area contributed by atoms with Crippen molar-refractivity contribution in [2.24, 2.45) is 0 Å². The van der Waals surface area contributed by atoms with E-state index < -0.39 is 59.2 Å². The molecule has 0 amide bonds. The molecule has 6 rings (SSSR count). The first kappa shape index (κ1) is 36.3. The molecule has 0 saturated carbocycles. The molecule has 0 spiro atoms. The third-order valence-corrected chi connectivity index (χ3v) is 9.55. The maximum absolute atomic E-state index is 15.9. The SMILES string of the molecule is CCCC(C(=O)Oc1cc2c(CC(=O)O)c(C)n(C(=O)c3ccc(Cl)cc3)c2cc1F)c1c(C)n(C(=O)c2ccc(Cl)cc2)c2cc(F)c(O)cc12. The van der Waals surface area contributed by atoms with Crippen LogP contribution in [0, 0.1) is 25.5 Å². The number of esters is 1. The fourth-order valence-electron chi connectivity index (χ4n) is 6.64. The van der Waals surface area contributed by atoms with Crippen molar-refractivity contribution in [1.29, 1.82) is 0 Å². The molecule has 0 fully saturated rings. The number of carboxylic acids is 1. The molecule has 2 heterocycles. The van der Waals surface area contributed by atoms with Crippen LogP contribution >= 0.6 is 23.2 Å². The maximum Gasteiger partial charge on any atom is 0.318 e. The molecule has 0 aliphatic heterocycles. The lowest BCUT2D eigenvalue weighted by molar-refractivity contribution is -0.137. The van der Waals surface area contributed by atoms with Crippen LogP contribution in [0.15, 0.2) is 72.8 Å². The van der Waals surface area contributed by atoms with E-state index in [4.69, 9.17) is 27.9 Å². The molecule has 0 aliphatic carbocycles. The summed E-state index contributed by atoms with van der Waals surface area (Å²) in [5, 5.41) is 21.3. The summed E-state index contributed by atoms with van der Waals surface area (Å²) in [6, 6.07) is 16.4. The Bertz CT molecular complexity index is 2430. The normalized spacial score (nSPS) is 12.0. The van der Waals surface area contributed by atoms with Crippen molar-refractivity contribution in [3.05, 3.63) is 128 Å². The molecule has 0 aliphatic rings. The van der Waals surface area contributed by atoms with Crippen LogP contribution in [-0.4, -0.2) is 43.1 Å². The minimum atomic E-state index is -1.20. The number of nitrogens with zero attached hydrogens (tertiary/aromatic N) is 2. The van der Waals surface area contributed by atoms with Gasteiger partial charge in [0, 0.05) is 55.5 Å². The van der Waals surface area contributed by atoms with Gasteiger partial charge in [0.15, 0.2) is 23.1 Å². The summed E-state index contributed by atoms with van der Waals surface area (Å²) in [6.07, 6.45) is 0.0791. The molecule has 1 unspecified atom stereocenters. The van der Waals surface area contributed by atoms with Gasteiger partial charge in [-0.3, -0.25) is 28.3 Å². The molecule has 2 aromatic heterocycles.